The van der Waals surface area contributed by atoms with Gasteiger partial charge in [-0.2, -0.15) is 10.2 Å². The summed E-state index contributed by atoms with van der Waals surface area (Å²) in [5.74, 6) is 1.01. The van der Waals surface area contributed by atoms with Gasteiger partial charge in [0.05, 0.1) is 25.0 Å². The minimum absolute atomic E-state index is 0.0712. The molecule has 1 unspecified atom stereocenters. The van der Waals surface area contributed by atoms with Crippen molar-refractivity contribution in [3.63, 3.8) is 0 Å². The Bertz CT molecular complexity index is 545. The van der Waals surface area contributed by atoms with Crippen molar-refractivity contribution in [1.82, 2.24) is 10.1 Å². The third kappa shape index (κ3) is 4.19. The average Bonchev–Trinajstić information content (AvgIpc) is 2.85. The molecule has 1 atom stereocenters. The number of aromatic nitrogens is 2. The van der Waals surface area contributed by atoms with E-state index in [2.05, 4.69) is 22.3 Å². The first kappa shape index (κ1) is 13.2. The van der Waals surface area contributed by atoms with Crippen LogP contribution in [-0.2, 0) is 19.3 Å². The van der Waals surface area contributed by atoms with Gasteiger partial charge in [0.25, 0.3) is 0 Å². The van der Waals surface area contributed by atoms with Gasteiger partial charge in [-0.25, -0.2) is 0 Å². The SMILES string of the molecule is N#CCC(O)Cc1nc(CCc2ccccc2)no1. The first-order chi connectivity index (χ1) is 9.28. The summed E-state index contributed by atoms with van der Waals surface area (Å²) in [6.45, 7) is 0. The zero-order valence-electron chi connectivity index (χ0n) is 10.5. The van der Waals surface area contributed by atoms with Gasteiger partial charge in [-0.05, 0) is 12.0 Å². The zero-order valence-corrected chi connectivity index (χ0v) is 10.5. The molecule has 1 aromatic carbocycles. The zero-order chi connectivity index (χ0) is 13.5. The van der Waals surface area contributed by atoms with E-state index >= 15 is 0 Å². The highest BCUT2D eigenvalue weighted by Crippen LogP contribution is 2.07. The molecule has 0 fully saturated rings. The summed E-state index contributed by atoms with van der Waals surface area (Å²) >= 11 is 0. The lowest BCUT2D eigenvalue weighted by Gasteiger charge is -1.99. The Morgan fingerprint density at radius 3 is 2.79 bits per heavy atom. The number of hydrogen-bond donors (Lipinski definition) is 1. The lowest BCUT2D eigenvalue weighted by atomic mass is 10.1. The third-order valence-corrected chi connectivity index (χ3v) is 2.73. The fourth-order valence-corrected chi connectivity index (χ4v) is 1.75. The van der Waals surface area contributed by atoms with E-state index in [0.717, 1.165) is 6.42 Å². The summed E-state index contributed by atoms with van der Waals surface area (Å²) in [6, 6.07) is 12.0. The van der Waals surface area contributed by atoms with Crippen LogP contribution in [0.25, 0.3) is 0 Å². The van der Waals surface area contributed by atoms with Crippen LogP contribution in [-0.4, -0.2) is 21.4 Å². The summed E-state index contributed by atoms with van der Waals surface area (Å²) in [5, 5.41) is 21.8. The molecule has 5 heteroatoms. The topological polar surface area (TPSA) is 82.9 Å². The molecule has 5 nitrogen and oxygen atoms in total. The van der Waals surface area contributed by atoms with E-state index < -0.39 is 6.10 Å². The van der Waals surface area contributed by atoms with Crippen molar-refractivity contribution in [3.8, 4) is 6.07 Å². The Morgan fingerprint density at radius 2 is 2.05 bits per heavy atom. The smallest absolute Gasteiger partial charge is 0.229 e. The van der Waals surface area contributed by atoms with Gasteiger partial charge in [-0.1, -0.05) is 35.5 Å². The molecule has 0 radical (unpaired) electrons. The molecule has 2 aromatic rings. The van der Waals surface area contributed by atoms with E-state index in [1.54, 1.807) is 0 Å². The Hall–Kier alpha value is -2.19. The van der Waals surface area contributed by atoms with E-state index in [1.807, 2.05) is 24.3 Å². The largest absolute Gasteiger partial charge is 0.392 e. The summed E-state index contributed by atoms with van der Waals surface area (Å²) in [5.41, 5.74) is 1.22. The minimum Gasteiger partial charge on any atom is -0.392 e. The highest BCUT2D eigenvalue weighted by atomic mass is 16.5. The number of aliphatic hydroxyl groups is 1. The number of nitriles is 1. The lowest BCUT2D eigenvalue weighted by molar-refractivity contribution is 0.167. The van der Waals surface area contributed by atoms with E-state index in [9.17, 15) is 5.11 Å². The average molecular weight is 257 g/mol. The van der Waals surface area contributed by atoms with Crippen LogP contribution in [0.3, 0.4) is 0 Å². The quantitative estimate of drug-likeness (QED) is 0.851. The van der Waals surface area contributed by atoms with Crippen LogP contribution >= 0.6 is 0 Å². The summed E-state index contributed by atoms with van der Waals surface area (Å²) in [7, 11) is 0. The molecule has 1 heterocycles. The van der Waals surface area contributed by atoms with Crippen molar-refractivity contribution in [2.45, 2.75) is 31.8 Å². The van der Waals surface area contributed by atoms with Crippen molar-refractivity contribution in [2.75, 3.05) is 0 Å². The minimum atomic E-state index is -0.743. The molecule has 0 spiro atoms. The van der Waals surface area contributed by atoms with Crippen molar-refractivity contribution >= 4 is 0 Å². The van der Waals surface area contributed by atoms with Gasteiger partial charge in [0.2, 0.25) is 5.89 Å². The Balaban J connectivity index is 1.86. The van der Waals surface area contributed by atoms with Gasteiger partial charge >= 0.3 is 0 Å². The summed E-state index contributed by atoms with van der Waals surface area (Å²) in [4.78, 5) is 4.20. The summed E-state index contributed by atoms with van der Waals surface area (Å²) in [6.07, 6.45) is 1.10. The monoisotopic (exact) mass is 257 g/mol. The molecular formula is C14H15N3O2. The normalized spacial score (nSPS) is 12.0. The van der Waals surface area contributed by atoms with E-state index in [-0.39, 0.29) is 12.8 Å². The third-order valence-electron chi connectivity index (χ3n) is 2.73. The maximum atomic E-state index is 9.47. The van der Waals surface area contributed by atoms with E-state index in [4.69, 9.17) is 9.78 Å². The standard InChI is InChI=1S/C14H15N3O2/c15-9-8-12(18)10-14-16-13(17-19-14)7-6-11-4-2-1-3-5-11/h1-5,12,18H,6-8,10H2. The molecule has 0 amide bonds. The number of aryl methyl sites for hydroxylation is 2. The Kier molecular flexibility index (Phi) is 4.65. The van der Waals surface area contributed by atoms with Crippen LogP contribution in [0.4, 0.5) is 0 Å². The fraction of sp³-hybridized carbons (Fsp3) is 0.357. The molecular weight excluding hydrogens is 242 g/mol. The molecule has 2 rings (SSSR count). The predicted octanol–water partition coefficient (Wildman–Crippen LogP) is 1.67. The van der Waals surface area contributed by atoms with Gasteiger partial charge in [-0.15, -0.1) is 0 Å². The molecule has 0 aliphatic rings. The number of hydrogen-bond acceptors (Lipinski definition) is 5. The van der Waals surface area contributed by atoms with Gasteiger partial charge in [0.1, 0.15) is 0 Å². The fourth-order valence-electron chi connectivity index (χ4n) is 1.75. The van der Waals surface area contributed by atoms with Gasteiger partial charge < -0.3 is 9.63 Å². The lowest BCUT2D eigenvalue weighted by Crippen LogP contribution is -2.09. The van der Waals surface area contributed by atoms with Crippen molar-refractivity contribution < 1.29 is 9.63 Å². The molecule has 98 valence electrons. The predicted molar refractivity (Wildman–Crippen MR) is 68.1 cm³/mol. The second-order valence-corrected chi connectivity index (χ2v) is 4.31. The van der Waals surface area contributed by atoms with E-state index in [0.29, 0.717) is 18.1 Å². The van der Waals surface area contributed by atoms with E-state index in [1.165, 1.54) is 5.56 Å². The first-order valence-electron chi connectivity index (χ1n) is 6.18. The maximum absolute atomic E-state index is 9.47. The van der Waals surface area contributed by atoms with Gasteiger partial charge in [-0.3, -0.25) is 0 Å². The van der Waals surface area contributed by atoms with Crippen LogP contribution in [0.1, 0.15) is 23.7 Å². The summed E-state index contributed by atoms with van der Waals surface area (Å²) < 4.78 is 5.04. The highest BCUT2D eigenvalue weighted by Gasteiger charge is 2.11. The van der Waals surface area contributed by atoms with Crippen LogP contribution in [0.5, 0.6) is 0 Å². The molecule has 1 N–H and O–H groups in total. The molecule has 1 aromatic heterocycles. The van der Waals surface area contributed by atoms with Gasteiger partial charge in [0.15, 0.2) is 5.82 Å². The van der Waals surface area contributed by atoms with Crippen LogP contribution in [0, 0.1) is 11.3 Å². The second-order valence-electron chi connectivity index (χ2n) is 4.31. The second kappa shape index (κ2) is 6.66. The molecule has 0 bridgehead atoms. The Labute approximate surface area is 111 Å². The number of aliphatic hydroxyl groups excluding tert-OH is 1. The molecule has 0 aliphatic carbocycles. The first-order valence-corrected chi connectivity index (χ1v) is 6.18. The number of rotatable bonds is 6. The number of benzene rings is 1. The highest BCUT2D eigenvalue weighted by molar-refractivity contribution is 5.15. The van der Waals surface area contributed by atoms with Crippen molar-refractivity contribution in [2.24, 2.45) is 0 Å². The maximum Gasteiger partial charge on any atom is 0.229 e. The van der Waals surface area contributed by atoms with Crippen LogP contribution in [0.15, 0.2) is 34.9 Å². The van der Waals surface area contributed by atoms with Gasteiger partial charge in [0, 0.05) is 6.42 Å². The van der Waals surface area contributed by atoms with Crippen LogP contribution < -0.4 is 0 Å². The molecule has 0 saturated heterocycles. The molecule has 0 saturated carbocycles. The Morgan fingerprint density at radius 1 is 1.26 bits per heavy atom. The van der Waals surface area contributed by atoms with Crippen LogP contribution in [0.2, 0.25) is 0 Å². The van der Waals surface area contributed by atoms with Crippen molar-refractivity contribution in [1.29, 1.82) is 5.26 Å². The number of nitrogens with zero attached hydrogens (tertiary/aromatic N) is 3. The van der Waals surface area contributed by atoms with Crippen molar-refractivity contribution in [3.05, 3.63) is 47.6 Å². The molecule has 19 heavy (non-hydrogen) atoms. The molecule has 0 aliphatic heterocycles.